The van der Waals surface area contributed by atoms with Crippen LogP contribution >= 0.6 is 0 Å². The van der Waals surface area contributed by atoms with Crippen molar-refractivity contribution in [2.75, 3.05) is 53.7 Å². The van der Waals surface area contributed by atoms with Crippen LogP contribution in [0.1, 0.15) is 19.5 Å². The maximum absolute atomic E-state index is 12.5. The number of hydrogen-bond donors (Lipinski definition) is 2. The molecular formula is C19H27N7O2S. The number of rotatable bonds is 6. The lowest BCUT2D eigenvalue weighted by molar-refractivity contribution is 0.249. The molecule has 1 saturated heterocycles. The van der Waals surface area contributed by atoms with Gasteiger partial charge in [0.25, 0.3) is 0 Å². The van der Waals surface area contributed by atoms with Crippen LogP contribution in [-0.4, -0.2) is 74.1 Å². The molecule has 156 valence electrons. The van der Waals surface area contributed by atoms with E-state index in [0.29, 0.717) is 28.8 Å². The van der Waals surface area contributed by atoms with Gasteiger partial charge in [0.1, 0.15) is 10.7 Å². The van der Waals surface area contributed by atoms with Gasteiger partial charge in [0.2, 0.25) is 5.95 Å². The van der Waals surface area contributed by atoms with Gasteiger partial charge in [-0.25, -0.2) is 4.98 Å². The predicted molar refractivity (Wildman–Crippen MR) is 113 cm³/mol. The Morgan fingerprint density at radius 2 is 1.93 bits per heavy atom. The van der Waals surface area contributed by atoms with Crippen LogP contribution in [0.15, 0.2) is 23.4 Å². The van der Waals surface area contributed by atoms with Crippen LogP contribution in [0.3, 0.4) is 0 Å². The lowest BCUT2D eigenvalue weighted by Gasteiger charge is -2.36. The smallest absolute Gasteiger partial charge is 0.227 e. The highest BCUT2D eigenvalue weighted by Crippen LogP contribution is 2.31. The lowest BCUT2D eigenvalue weighted by Crippen LogP contribution is -2.47. The zero-order chi connectivity index (χ0) is 20.4. The quantitative estimate of drug-likeness (QED) is 0.702. The molecule has 29 heavy (non-hydrogen) atoms. The fraction of sp³-hybridized carbons (Fsp3) is 0.579. The second kappa shape index (κ2) is 8.58. The van der Waals surface area contributed by atoms with Gasteiger partial charge in [-0.2, -0.15) is 15.2 Å². The van der Waals surface area contributed by atoms with Crippen LogP contribution in [0.4, 0.5) is 17.5 Å². The van der Waals surface area contributed by atoms with Crippen LogP contribution in [0, 0.1) is 5.92 Å². The van der Waals surface area contributed by atoms with E-state index in [4.69, 9.17) is 9.97 Å². The first-order valence-electron chi connectivity index (χ1n) is 10.00. The minimum Gasteiger partial charge on any atom is -0.394 e. The average molecular weight is 418 g/mol. The number of aliphatic hydroxyl groups is 1. The molecule has 9 nitrogen and oxygen atoms in total. The molecular weight excluding hydrogens is 390 g/mol. The van der Waals surface area contributed by atoms with Gasteiger partial charge in [0.05, 0.1) is 47.2 Å². The van der Waals surface area contributed by atoms with Gasteiger partial charge < -0.3 is 20.2 Å². The fourth-order valence-electron chi connectivity index (χ4n) is 3.66. The summed E-state index contributed by atoms with van der Waals surface area (Å²) in [5.41, 5.74) is 1.92. The summed E-state index contributed by atoms with van der Waals surface area (Å²) in [6.45, 7) is 7.34. The third-order valence-corrected chi connectivity index (χ3v) is 6.95. The number of aliphatic hydroxyl groups excluding tert-OH is 1. The van der Waals surface area contributed by atoms with Crippen molar-refractivity contribution >= 4 is 28.3 Å². The first-order valence-corrected chi connectivity index (χ1v) is 11.3. The predicted octanol–water partition coefficient (Wildman–Crippen LogP) is 0.686. The molecule has 0 radical (unpaired) electrons. The standard InChI is InChI=1S/C19H27N7O2S/c1-13(2)16(12-27)22-18-17-15(4-10-29(17)28)23-19(24-18)26-8-6-25(7-9-26)14-3-5-20-21-11-14/h3,5,11,13,16,27H,4,6-10,12H2,1-2H3,(H,22,23,24)/t16?,29-/m1/s1. The molecule has 0 aromatic carbocycles. The highest BCUT2D eigenvalue weighted by Gasteiger charge is 2.29. The average Bonchev–Trinajstić information content (AvgIpc) is 3.13. The second-order valence-corrected chi connectivity index (χ2v) is 9.21. The molecule has 0 spiro atoms. The SMILES string of the molecule is CC(C)C(CO)Nc1nc(N2CCN(c3ccnnc3)CC2)nc2c1[S@](=O)CC2. The normalized spacial score (nSPS) is 20.1. The van der Waals surface area contributed by atoms with E-state index < -0.39 is 10.8 Å². The summed E-state index contributed by atoms with van der Waals surface area (Å²) >= 11 is 0. The van der Waals surface area contributed by atoms with E-state index in [-0.39, 0.29) is 18.6 Å². The number of fused-ring (bicyclic) bond motifs is 1. The molecule has 2 aliphatic rings. The summed E-state index contributed by atoms with van der Waals surface area (Å²) in [6.07, 6.45) is 4.18. The minimum atomic E-state index is -1.09. The molecule has 2 aromatic rings. The Morgan fingerprint density at radius 3 is 2.59 bits per heavy atom. The van der Waals surface area contributed by atoms with Crippen LogP contribution in [0.5, 0.6) is 0 Å². The number of aryl methyl sites for hydroxylation is 1. The van der Waals surface area contributed by atoms with Crippen LogP contribution < -0.4 is 15.1 Å². The van der Waals surface area contributed by atoms with Crippen LogP contribution in [-0.2, 0) is 17.2 Å². The number of aromatic nitrogens is 4. The molecule has 10 heteroatoms. The van der Waals surface area contributed by atoms with Crippen molar-refractivity contribution in [1.82, 2.24) is 20.2 Å². The molecule has 1 unspecified atom stereocenters. The van der Waals surface area contributed by atoms with E-state index in [9.17, 15) is 9.32 Å². The molecule has 2 N–H and O–H groups in total. The van der Waals surface area contributed by atoms with E-state index in [2.05, 4.69) is 25.3 Å². The van der Waals surface area contributed by atoms with E-state index in [1.807, 2.05) is 19.9 Å². The summed E-state index contributed by atoms with van der Waals surface area (Å²) in [5.74, 6) is 2.07. The van der Waals surface area contributed by atoms with Crippen molar-refractivity contribution in [1.29, 1.82) is 0 Å². The van der Waals surface area contributed by atoms with Crippen molar-refractivity contribution in [2.45, 2.75) is 31.2 Å². The van der Waals surface area contributed by atoms with Crippen LogP contribution in [0.2, 0.25) is 0 Å². The fourth-order valence-corrected chi connectivity index (χ4v) is 4.97. The lowest BCUT2D eigenvalue weighted by atomic mass is 10.1. The van der Waals surface area contributed by atoms with Crippen molar-refractivity contribution in [3.8, 4) is 0 Å². The number of piperazine rings is 1. The monoisotopic (exact) mass is 417 g/mol. The summed E-state index contributed by atoms with van der Waals surface area (Å²) in [6, 6.07) is 1.82. The van der Waals surface area contributed by atoms with Gasteiger partial charge in [-0.05, 0) is 12.0 Å². The molecule has 4 rings (SSSR count). The zero-order valence-electron chi connectivity index (χ0n) is 16.8. The molecule has 2 atom stereocenters. The van der Waals surface area contributed by atoms with Crippen molar-refractivity contribution in [2.24, 2.45) is 5.92 Å². The Morgan fingerprint density at radius 1 is 1.17 bits per heavy atom. The summed E-state index contributed by atoms with van der Waals surface area (Å²) in [5, 5.41) is 20.8. The van der Waals surface area contributed by atoms with E-state index in [1.54, 1.807) is 12.4 Å². The van der Waals surface area contributed by atoms with E-state index >= 15 is 0 Å². The molecule has 0 bridgehead atoms. The van der Waals surface area contributed by atoms with Crippen LogP contribution in [0.25, 0.3) is 0 Å². The topological polar surface area (TPSA) is 107 Å². The summed E-state index contributed by atoms with van der Waals surface area (Å²) in [7, 11) is -1.09. The van der Waals surface area contributed by atoms with Gasteiger partial charge in [-0.1, -0.05) is 13.8 Å². The second-order valence-electron chi connectivity index (χ2n) is 7.70. The van der Waals surface area contributed by atoms with Crippen molar-refractivity contribution in [3.05, 3.63) is 24.2 Å². The maximum Gasteiger partial charge on any atom is 0.227 e. The van der Waals surface area contributed by atoms with Gasteiger partial charge in [0, 0.05) is 38.4 Å². The van der Waals surface area contributed by atoms with Gasteiger partial charge in [0.15, 0.2) is 0 Å². The molecule has 2 aromatic heterocycles. The highest BCUT2D eigenvalue weighted by atomic mass is 32.2. The third kappa shape index (κ3) is 4.18. The van der Waals surface area contributed by atoms with Crippen molar-refractivity contribution in [3.63, 3.8) is 0 Å². The Hall–Kier alpha value is -2.33. The molecule has 0 saturated carbocycles. The number of nitrogens with one attached hydrogen (secondary N) is 1. The van der Waals surface area contributed by atoms with Gasteiger partial charge >= 0.3 is 0 Å². The van der Waals surface area contributed by atoms with E-state index in [0.717, 1.165) is 37.6 Å². The van der Waals surface area contributed by atoms with Gasteiger partial charge in [-0.15, -0.1) is 0 Å². The first kappa shape index (κ1) is 20.0. The van der Waals surface area contributed by atoms with E-state index in [1.165, 1.54) is 0 Å². The molecule has 0 aliphatic carbocycles. The third-order valence-electron chi connectivity index (χ3n) is 5.50. The first-order chi connectivity index (χ1) is 14.1. The Kier molecular flexibility index (Phi) is 5.91. The summed E-state index contributed by atoms with van der Waals surface area (Å²) in [4.78, 5) is 14.6. The molecule has 0 amide bonds. The minimum absolute atomic E-state index is 0.00292. The summed E-state index contributed by atoms with van der Waals surface area (Å²) < 4.78 is 12.5. The molecule has 4 heterocycles. The number of nitrogens with zero attached hydrogens (tertiary/aromatic N) is 6. The Labute approximate surface area is 173 Å². The maximum atomic E-state index is 12.5. The largest absolute Gasteiger partial charge is 0.394 e. The number of hydrogen-bond acceptors (Lipinski definition) is 9. The van der Waals surface area contributed by atoms with Crippen molar-refractivity contribution < 1.29 is 9.32 Å². The Bertz CT molecular complexity index is 872. The highest BCUT2D eigenvalue weighted by molar-refractivity contribution is 7.85. The molecule has 1 fully saturated rings. The Balaban J connectivity index is 1.55. The number of anilines is 3. The van der Waals surface area contributed by atoms with Gasteiger partial charge in [-0.3, -0.25) is 4.21 Å². The molecule has 2 aliphatic heterocycles. The zero-order valence-corrected chi connectivity index (χ0v) is 17.6.